The van der Waals surface area contributed by atoms with Crippen molar-refractivity contribution in [1.82, 2.24) is 4.90 Å². The number of unbranched alkanes of at least 4 members (excludes halogenated alkanes) is 2. The highest BCUT2D eigenvalue weighted by molar-refractivity contribution is 9.09. The average Bonchev–Trinajstić information content (AvgIpc) is 2.10. The van der Waals surface area contributed by atoms with Gasteiger partial charge in [-0.15, -0.1) is 0 Å². The number of halogens is 1. The van der Waals surface area contributed by atoms with Crippen LogP contribution in [0.1, 0.15) is 40.0 Å². The Kier molecular flexibility index (Phi) is 8.07. The minimum absolute atomic E-state index is 0.712. The zero-order valence-corrected chi connectivity index (χ0v) is 11.1. The lowest BCUT2D eigenvalue weighted by Gasteiger charge is -2.27. The van der Waals surface area contributed by atoms with Gasteiger partial charge in [0.05, 0.1) is 0 Å². The second kappa shape index (κ2) is 7.81. The third-order valence-electron chi connectivity index (χ3n) is 2.80. The van der Waals surface area contributed by atoms with Gasteiger partial charge in [0.1, 0.15) is 0 Å². The molecule has 13 heavy (non-hydrogen) atoms. The summed E-state index contributed by atoms with van der Waals surface area (Å²) in [5, 5.41) is 1.15. The molecule has 0 N–H and O–H groups in total. The Morgan fingerprint density at radius 1 is 1.08 bits per heavy atom. The van der Waals surface area contributed by atoms with Crippen LogP contribution in [0.5, 0.6) is 0 Å². The van der Waals surface area contributed by atoms with Crippen molar-refractivity contribution in [3.05, 3.63) is 0 Å². The summed E-state index contributed by atoms with van der Waals surface area (Å²) in [6, 6.07) is 0.712. The highest BCUT2D eigenvalue weighted by atomic mass is 79.9. The van der Waals surface area contributed by atoms with Crippen LogP contribution in [0.25, 0.3) is 0 Å². The molecule has 0 aliphatic rings. The van der Waals surface area contributed by atoms with E-state index in [1.165, 1.54) is 25.8 Å². The van der Waals surface area contributed by atoms with E-state index in [1.807, 2.05) is 0 Å². The molecule has 0 amide bonds. The normalized spacial score (nSPS) is 14.1. The smallest absolute Gasteiger partial charge is 0.00868 e. The summed E-state index contributed by atoms with van der Waals surface area (Å²) < 4.78 is 0. The van der Waals surface area contributed by atoms with Crippen LogP contribution in [-0.4, -0.2) is 29.9 Å². The van der Waals surface area contributed by atoms with Gasteiger partial charge in [0.15, 0.2) is 0 Å². The summed E-state index contributed by atoms with van der Waals surface area (Å²) in [5.74, 6) is 0.765. The summed E-state index contributed by atoms with van der Waals surface area (Å²) in [6.07, 6.45) is 3.99. The van der Waals surface area contributed by atoms with E-state index in [1.54, 1.807) is 0 Å². The molecule has 0 aliphatic carbocycles. The highest BCUT2D eigenvalue weighted by Gasteiger charge is 2.11. The Morgan fingerprint density at radius 3 is 2.15 bits per heavy atom. The first kappa shape index (κ1) is 13.4. The average molecular weight is 250 g/mol. The first-order valence-electron chi connectivity index (χ1n) is 5.35. The van der Waals surface area contributed by atoms with E-state index in [0.717, 1.165) is 11.2 Å². The van der Waals surface area contributed by atoms with Crippen molar-refractivity contribution in [2.24, 2.45) is 5.92 Å². The summed E-state index contributed by atoms with van der Waals surface area (Å²) in [4.78, 5) is 2.47. The van der Waals surface area contributed by atoms with Crippen molar-refractivity contribution in [3.63, 3.8) is 0 Å². The Hall–Kier alpha value is 0.440. The number of nitrogens with zero attached hydrogens (tertiary/aromatic N) is 1. The first-order valence-corrected chi connectivity index (χ1v) is 6.48. The molecule has 0 heterocycles. The quantitative estimate of drug-likeness (QED) is 0.493. The fraction of sp³-hybridized carbons (Fsp3) is 1.00. The molecule has 0 spiro atoms. The van der Waals surface area contributed by atoms with Crippen molar-refractivity contribution in [3.8, 4) is 0 Å². The molecular formula is C11H24BrN. The van der Waals surface area contributed by atoms with Crippen molar-refractivity contribution in [1.29, 1.82) is 0 Å². The molecule has 2 heteroatoms. The Bertz CT molecular complexity index is 115. The zero-order chi connectivity index (χ0) is 10.3. The summed E-state index contributed by atoms with van der Waals surface area (Å²) in [7, 11) is 2.23. The first-order chi connectivity index (χ1) is 6.09. The third-order valence-corrected chi connectivity index (χ3v) is 3.37. The van der Waals surface area contributed by atoms with Crippen molar-refractivity contribution >= 4 is 15.9 Å². The largest absolute Gasteiger partial charge is 0.303 e. The minimum Gasteiger partial charge on any atom is -0.303 e. The van der Waals surface area contributed by atoms with Gasteiger partial charge in [0, 0.05) is 11.4 Å². The van der Waals surface area contributed by atoms with Crippen LogP contribution in [-0.2, 0) is 0 Å². The van der Waals surface area contributed by atoms with E-state index in [0.29, 0.717) is 6.04 Å². The summed E-state index contributed by atoms with van der Waals surface area (Å²) >= 11 is 3.46. The Labute approximate surface area is 92.0 Å². The molecule has 0 fully saturated rings. The monoisotopic (exact) mass is 249 g/mol. The maximum atomic E-state index is 3.46. The Morgan fingerprint density at radius 2 is 1.69 bits per heavy atom. The number of hydrogen-bond donors (Lipinski definition) is 0. The predicted molar refractivity (Wildman–Crippen MR) is 64.6 cm³/mol. The van der Waals surface area contributed by atoms with Crippen LogP contribution in [0.4, 0.5) is 0 Å². The minimum atomic E-state index is 0.712. The van der Waals surface area contributed by atoms with Crippen LogP contribution >= 0.6 is 15.9 Å². The molecule has 1 nitrogen and oxygen atoms in total. The molecule has 0 radical (unpaired) electrons. The second-order valence-corrected chi connectivity index (χ2v) is 5.01. The van der Waals surface area contributed by atoms with Gasteiger partial charge in [-0.3, -0.25) is 0 Å². The molecule has 1 unspecified atom stereocenters. The highest BCUT2D eigenvalue weighted by Crippen LogP contribution is 2.09. The molecule has 1 atom stereocenters. The maximum Gasteiger partial charge on any atom is 0.00868 e. The Balaban J connectivity index is 3.44. The lowest BCUT2D eigenvalue weighted by atomic mass is 10.0. The number of alkyl halides is 1. The summed E-state index contributed by atoms with van der Waals surface area (Å²) in [5.41, 5.74) is 0. The summed E-state index contributed by atoms with van der Waals surface area (Å²) in [6.45, 7) is 8.14. The molecule has 0 aromatic heterocycles. The van der Waals surface area contributed by atoms with Crippen LogP contribution in [0.15, 0.2) is 0 Å². The molecule has 80 valence electrons. The van der Waals surface area contributed by atoms with E-state index >= 15 is 0 Å². The lowest BCUT2D eigenvalue weighted by molar-refractivity contribution is 0.204. The van der Waals surface area contributed by atoms with Gasteiger partial charge in [-0.1, -0.05) is 36.2 Å². The topological polar surface area (TPSA) is 3.24 Å². The standard InChI is InChI=1S/C11H24BrN/c1-10(2)11(3)13(4)9-7-5-6-8-12/h10-11H,5-9H2,1-4H3. The molecule has 0 aromatic rings. The molecule has 0 saturated heterocycles. The fourth-order valence-electron chi connectivity index (χ4n) is 1.35. The van der Waals surface area contributed by atoms with Gasteiger partial charge in [0.25, 0.3) is 0 Å². The van der Waals surface area contributed by atoms with E-state index in [9.17, 15) is 0 Å². The van der Waals surface area contributed by atoms with E-state index < -0.39 is 0 Å². The molecule has 0 bridgehead atoms. The van der Waals surface area contributed by atoms with Gasteiger partial charge in [-0.05, 0) is 39.3 Å². The predicted octanol–water partition coefficient (Wildman–Crippen LogP) is 3.53. The van der Waals surface area contributed by atoms with Crippen molar-refractivity contribution < 1.29 is 0 Å². The van der Waals surface area contributed by atoms with Crippen LogP contribution in [0.2, 0.25) is 0 Å². The van der Waals surface area contributed by atoms with Crippen LogP contribution in [0.3, 0.4) is 0 Å². The van der Waals surface area contributed by atoms with E-state index in [2.05, 4.69) is 48.6 Å². The van der Waals surface area contributed by atoms with Gasteiger partial charge >= 0.3 is 0 Å². The van der Waals surface area contributed by atoms with Gasteiger partial charge in [-0.25, -0.2) is 0 Å². The third kappa shape index (κ3) is 6.50. The molecule has 0 aromatic carbocycles. The van der Waals surface area contributed by atoms with Crippen molar-refractivity contribution in [2.75, 3.05) is 18.9 Å². The second-order valence-electron chi connectivity index (χ2n) is 4.21. The molecule has 0 aliphatic heterocycles. The maximum absolute atomic E-state index is 3.46. The lowest BCUT2D eigenvalue weighted by Crippen LogP contribution is -2.33. The molecule has 0 saturated carbocycles. The zero-order valence-electron chi connectivity index (χ0n) is 9.52. The van der Waals surface area contributed by atoms with Gasteiger partial charge in [-0.2, -0.15) is 0 Å². The van der Waals surface area contributed by atoms with E-state index in [4.69, 9.17) is 0 Å². The fourth-order valence-corrected chi connectivity index (χ4v) is 1.74. The molecule has 0 rings (SSSR count). The van der Waals surface area contributed by atoms with Gasteiger partial charge < -0.3 is 4.90 Å². The molecular weight excluding hydrogens is 226 g/mol. The van der Waals surface area contributed by atoms with Crippen LogP contribution in [0, 0.1) is 5.92 Å². The van der Waals surface area contributed by atoms with Gasteiger partial charge in [0.2, 0.25) is 0 Å². The van der Waals surface area contributed by atoms with E-state index in [-0.39, 0.29) is 0 Å². The van der Waals surface area contributed by atoms with Crippen LogP contribution < -0.4 is 0 Å². The van der Waals surface area contributed by atoms with Crippen molar-refractivity contribution in [2.45, 2.75) is 46.1 Å². The number of hydrogen-bond acceptors (Lipinski definition) is 1. The SMILES string of the molecule is CC(C)C(C)N(C)CCCCCBr. The number of rotatable bonds is 7.